The van der Waals surface area contributed by atoms with Crippen LogP contribution in [-0.4, -0.2) is 42.3 Å². The molecule has 2 rings (SSSR count). The van der Waals surface area contributed by atoms with Gasteiger partial charge in [0.2, 0.25) is 0 Å². The fourth-order valence-corrected chi connectivity index (χ4v) is 2.55. The highest BCUT2D eigenvalue weighted by Gasteiger charge is 2.36. The minimum absolute atomic E-state index is 0.229. The van der Waals surface area contributed by atoms with Crippen molar-refractivity contribution < 1.29 is 14.3 Å². The van der Waals surface area contributed by atoms with Gasteiger partial charge in [0, 0.05) is 6.07 Å². The standard InChI is InChI=1S/C14H19N3O3S/c1-14(2)8-17(13(21)16-14)12(18)15-10-7-9(19-3)5-6-11(10)20-4/h5-7H,8H2,1-4H3,(H,15,18)(H,16,21). The van der Waals surface area contributed by atoms with Gasteiger partial charge in [-0.15, -0.1) is 0 Å². The molecule has 1 aromatic rings. The Hall–Kier alpha value is -2.02. The van der Waals surface area contributed by atoms with Gasteiger partial charge in [0.1, 0.15) is 11.5 Å². The molecule has 0 atom stereocenters. The molecule has 0 aliphatic carbocycles. The van der Waals surface area contributed by atoms with Crippen LogP contribution in [0.5, 0.6) is 11.5 Å². The van der Waals surface area contributed by atoms with Crippen molar-refractivity contribution >= 4 is 29.0 Å². The summed E-state index contributed by atoms with van der Waals surface area (Å²) >= 11 is 5.19. The van der Waals surface area contributed by atoms with Crippen molar-refractivity contribution in [1.29, 1.82) is 0 Å². The largest absolute Gasteiger partial charge is 0.497 e. The van der Waals surface area contributed by atoms with E-state index >= 15 is 0 Å². The molecule has 1 aliphatic heterocycles. The maximum Gasteiger partial charge on any atom is 0.328 e. The van der Waals surface area contributed by atoms with Gasteiger partial charge in [0.15, 0.2) is 5.11 Å². The molecule has 6 nitrogen and oxygen atoms in total. The van der Waals surface area contributed by atoms with Crippen molar-refractivity contribution in [2.45, 2.75) is 19.4 Å². The quantitative estimate of drug-likeness (QED) is 0.838. The molecule has 0 radical (unpaired) electrons. The molecule has 2 amide bonds. The van der Waals surface area contributed by atoms with Crippen molar-refractivity contribution in [3.63, 3.8) is 0 Å². The SMILES string of the molecule is COc1ccc(OC)c(NC(=O)N2CC(C)(C)NC2=S)c1. The molecule has 1 aliphatic rings. The average Bonchev–Trinajstić information content (AvgIpc) is 2.72. The van der Waals surface area contributed by atoms with Gasteiger partial charge < -0.3 is 20.1 Å². The number of ether oxygens (including phenoxy) is 2. The molecule has 0 bridgehead atoms. The number of hydrogen-bond donors (Lipinski definition) is 2. The van der Waals surface area contributed by atoms with E-state index in [4.69, 9.17) is 21.7 Å². The first kappa shape index (κ1) is 15.4. The summed E-state index contributed by atoms with van der Waals surface area (Å²) in [7, 11) is 3.11. The Labute approximate surface area is 129 Å². The van der Waals surface area contributed by atoms with Crippen LogP contribution < -0.4 is 20.1 Å². The van der Waals surface area contributed by atoms with E-state index < -0.39 is 0 Å². The summed E-state index contributed by atoms with van der Waals surface area (Å²) in [4.78, 5) is 13.9. The average molecular weight is 309 g/mol. The van der Waals surface area contributed by atoms with Gasteiger partial charge in [0.05, 0.1) is 32.0 Å². The Bertz CT molecular complexity index is 575. The van der Waals surface area contributed by atoms with Gasteiger partial charge in [-0.1, -0.05) is 0 Å². The third-order valence-corrected chi connectivity index (χ3v) is 3.46. The molecule has 0 spiro atoms. The van der Waals surface area contributed by atoms with E-state index in [1.807, 2.05) is 13.8 Å². The molecule has 1 heterocycles. The summed E-state index contributed by atoms with van der Waals surface area (Å²) in [6, 6.07) is 4.90. The van der Waals surface area contributed by atoms with Gasteiger partial charge in [-0.25, -0.2) is 4.79 Å². The Kier molecular flexibility index (Phi) is 4.22. The molecule has 1 aromatic carbocycles. The summed E-state index contributed by atoms with van der Waals surface area (Å²) < 4.78 is 10.4. The first-order valence-corrected chi connectivity index (χ1v) is 6.90. The molecule has 1 fully saturated rings. The number of urea groups is 1. The maximum absolute atomic E-state index is 12.4. The number of thiocarbonyl (C=S) groups is 1. The third-order valence-electron chi connectivity index (χ3n) is 3.14. The van der Waals surface area contributed by atoms with Crippen molar-refractivity contribution in [2.24, 2.45) is 0 Å². The van der Waals surface area contributed by atoms with E-state index in [1.54, 1.807) is 32.4 Å². The maximum atomic E-state index is 12.4. The molecule has 0 aromatic heterocycles. The van der Waals surface area contributed by atoms with Crippen LogP contribution in [0, 0.1) is 0 Å². The summed E-state index contributed by atoms with van der Waals surface area (Å²) in [5.41, 5.74) is 0.307. The van der Waals surface area contributed by atoms with E-state index in [1.165, 1.54) is 4.90 Å². The number of anilines is 1. The normalized spacial score (nSPS) is 16.4. The molecular weight excluding hydrogens is 290 g/mol. The fourth-order valence-electron chi connectivity index (χ4n) is 2.12. The number of carbonyl (C=O) groups excluding carboxylic acids is 1. The lowest BCUT2D eigenvalue weighted by molar-refractivity contribution is 0.233. The molecular formula is C14H19N3O3S. The lowest BCUT2D eigenvalue weighted by Crippen LogP contribution is -2.37. The van der Waals surface area contributed by atoms with Crippen LogP contribution in [0.2, 0.25) is 0 Å². The summed E-state index contributed by atoms with van der Waals surface area (Å²) in [6.07, 6.45) is 0. The van der Waals surface area contributed by atoms with Crippen molar-refractivity contribution in [3.05, 3.63) is 18.2 Å². The van der Waals surface area contributed by atoms with Gasteiger partial charge in [-0.3, -0.25) is 4.90 Å². The van der Waals surface area contributed by atoms with Crippen LogP contribution in [0.25, 0.3) is 0 Å². The molecule has 114 valence electrons. The monoisotopic (exact) mass is 309 g/mol. The third kappa shape index (κ3) is 3.36. The van der Waals surface area contributed by atoms with Crippen LogP contribution in [-0.2, 0) is 0 Å². The second kappa shape index (κ2) is 5.77. The van der Waals surface area contributed by atoms with E-state index in [2.05, 4.69) is 10.6 Å². The molecule has 0 unspecified atom stereocenters. The van der Waals surface area contributed by atoms with E-state index in [-0.39, 0.29) is 11.6 Å². The minimum Gasteiger partial charge on any atom is -0.497 e. The molecule has 2 N–H and O–H groups in total. The van der Waals surface area contributed by atoms with Gasteiger partial charge in [0.25, 0.3) is 0 Å². The van der Waals surface area contributed by atoms with Crippen molar-refractivity contribution in [3.8, 4) is 11.5 Å². The Morgan fingerprint density at radius 3 is 2.62 bits per heavy atom. The smallest absolute Gasteiger partial charge is 0.328 e. The molecule has 7 heteroatoms. The van der Waals surface area contributed by atoms with Crippen LogP contribution in [0.15, 0.2) is 18.2 Å². The van der Waals surface area contributed by atoms with Gasteiger partial charge in [-0.05, 0) is 38.2 Å². The zero-order valence-electron chi connectivity index (χ0n) is 12.5. The Morgan fingerprint density at radius 2 is 2.10 bits per heavy atom. The number of rotatable bonds is 3. The Morgan fingerprint density at radius 1 is 1.38 bits per heavy atom. The summed E-state index contributed by atoms with van der Waals surface area (Å²) in [6.45, 7) is 4.47. The second-order valence-electron chi connectivity index (χ2n) is 5.40. The van der Waals surface area contributed by atoms with Crippen LogP contribution >= 0.6 is 12.2 Å². The number of nitrogens with one attached hydrogen (secondary N) is 2. The number of methoxy groups -OCH3 is 2. The van der Waals surface area contributed by atoms with Crippen LogP contribution in [0.3, 0.4) is 0 Å². The van der Waals surface area contributed by atoms with Gasteiger partial charge in [-0.2, -0.15) is 0 Å². The fraction of sp³-hybridized carbons (Fsp3) is 0.429. The number of nitrogens with zero attached hydrogens (tertiary/aromatic N) is 1. The van der Waals surface area contributed by atoms with E-state index in [0.717, 1.165) is 0 Å². The lowest BCUT2D eigenvalue weighted by atomic mass is 10.1. The number of carbonyl (C=O) groups is 1. The number of amides is 2. The number of benzene rings is 1. The van der Waals surface area contributed by atoms with Crippen molar-refractivity contribution in [1.82, 2.24) is 10.2 Å². The predicted molar refractivity (Wildman–Crippen MR) is 85.1 cm³/mol. The zero-order valence-corrected chi connectivity index (χ0v) is 13.3. The number of hydrogen-bond acceptors (Lipinski definition) is 4. The van der Waals surface area contributed by atoms with E-state index in [9.17, 15) is 4.79 Å². The Balaban J connectivity index is 2.18. The highest BCUT2D eigenvalue weighted by molar-refractivity contribution is 7.80. The first-order chi connectivity index (χ1) is 9.86. The molecule has 21 heavy (non-hydrogen) atoms. The van der Waals surface area contributed by atoms with Crippen molar-refractivity contribution in [2.75, 3.05) is 26.1 Å². The highest BCUT2D eigenvalue weighted by Crippen LogP contribution is 2.29. The topological polar surface area (TPSA) is 62.8 Å². The molecule has 0 saturated carbocycles. The van der Waals surface area contributed by atoms with E-state index in [0.29, 0.717) is 28.8 Å². The highest BCUT2D eigenvalue weighted by atomic mass is 32.1. The van der Waals surface area contributed by atoms with Crippen LogP contribution in [0.1, 0.15) is 13.8 Å². The zero-order chi connectivity index (χ0) is 15.6. The summed E-state index contributed by atoms with van der Waals surface area (Å²) in [5, 5.41) is 6.32. The predicted octanol–water partition coefficient (Wildman–Crippen LogP) is 2.20. The lowest BCUT2D eigenvalue weighted by Gasteiger charge is -2.19. The second-order valence-corrected chi connectivity index (χ2v) is 5.78. The summed E-state index contributed by atoms with van der Waals surface area (Å²) in [5.74, 6) is 1.19. The van der Waals surface area contributed by atoms with Gasteiger partial charge >= 0.3 is 6.03 Å². The first-order valence-electron chi connectivity index (χ1n) is 6.49. The molecule has 1 saturated heterocycles. The minimum atomic E-state index is -0.301. The van der Waals surface area contributed by atoms with Crippen LogP contribution in [0.4, 0.5) is 10.5 Å².